The number of amides is 1. The molecule has 0 radical (unpaired) electrons. The van der Waals surface area contributed by atoms with Crippen LogP contribution in [-0.4, -0.2) is 37.4 Å². The molecule has 1 aromatic carbocycles. The lowest BCUT2D eigenvalue weighted by Crippen LogP contribution is -2.42. The van der Waals surface area contributed by atoms with Crippen molar-refractivity contribution in [2.75, 3.05) is 25.6 Å². The van der Waals surface area contributed by atoms with Gasteiger partial charge in [-0.25, -0.2) is 0 Å². The van der Waals surface area contributed by atoms with Gasteiger partial charge >= 0.3 is 0 Å². The van der Waals surface area contributed by atoms with E-state index in [2.05, 4.69) is 5.32 Å². The van der Waals surface area contributed by atoms with E-state index in [0.717, 1.165) is 12.8 Å². The summed E-state index contributed by atoms with van der Waals surface area (Å²) < 4.78 is 16.8. The molecule has 0 aliphatic carbocycles. The van der Waals surface area contributed by atoms with Gasteiger partial charge in [0.2, 0.25) is 0 Å². The minimum Gasteiger partial charge on any atom is -0.492 e. The largest absolute Gasteiger partial charge is 0.492 e. The van der Waals surface area contributed by atoms with Crippen LogP contribution in [0.4, 0.5) is 5.69 Å². The van der Waals surface area contributed by atoms with Gasteiger partial charge < -0.3 is 19.5 Å². The number of ether oxygens (including phenoxy) is 3. The van der Waals surface area contributed by atoms with Crippen molar-refractivity contribution in [2.45, 2.75) is 65.1 Å². The summed E-state index contributed by atoms with van der Waals surface area (Å²) in [7, 11) is 1.68. The maximum atomic E-state index is 12.6. The van der Waals surface area contributed by atoms with Crippen molar-refractivity contribution >= 4 is 23.2 Å². The Kier molecular flexibility index (Phi) is 8.87. The lowest BCUT2D eigenvalue weighted by atomic mass is 10.0. The highest BCUT2D eigenvalue weighted by molar-refractivity contribution is 6.32. The van der Waals surface area contributed by atoms with Gasteiger partial charge in [0, 0.05) is 25.8 Å². The molecule has 1 N–H and O–H groups in total. The quantitative estimate of drug-likeness (QED) is 0.577. The Morgan fingerprint density at radius 3 is 2.42 bits per heavy atom. The van der Waals surface area contributed by atoms with Gasteiger partial charge in [-0.05, 0) is 51.8 Å². The molecule has 1 amide bonds. The van der Waals surface area contributed by atoms with Crippen molar-refractivity contribution in [1.82, 2.24) is 0 Å². The van der Waals surface area contributed by atoms with E-state index in [1.165, 1.54) is 0 Å². The Bertz CT molecular complexity index is 591. The normalized spacial score (nSPS) is 14.0. The summed E-state index contributed by atoms with van der Waals surface area (Å²) in [6.45, 7) is 10.8. The average molecular weight is 386 g/mol. The number of methoxy groups -OCH3 is 1. The van der Waals surface area contributed by atoms with Gasteiger partial charge in [0.05, 0.1) is 17.2 Å². The second kappa shape index (κ2) is 10.1. The van der Waals surface area contributed by atoms with Crippen LogP contribution < -0.4 is 10.1 Å². The third kappa shape index (κ3) is 6.78. The first-order chi connectivity index (χ1) is 12.2. The van der Waals surface area contributed by atoms with Gasteiger partial charge in [-0.3, -0.25) is 4.79 Å². The maximum Gasteiger partial charge on any atom is 0.256 e. The van der Waals surface area contributed by atoms with E-state index in [9.17, 15) is 4.79 Å². The molecule has 26 heavy (non-hydrogen) atoms. The van der Waals surface area contributed by atoms with E-state index < -0.39 is 5.60 Å². The van der Waals surface area contributed by atoms with Crippen LogP contribution in [0.15, 0.2) is 18.2 Å². The SMILES string of the molecule is CCCO[C@](C)(CC)C(=O)Nc1ccc(OCCC(C)(C)OC)c(Cl)c1. The van der Waals surface area contributed by atoms with E-state index in [0.29, 0.717) is 36.1 Å². The van der Waals surface area contributed by atoms with Crippen molar-refractivity contribution in [3.05, 3.63) is 23.2 Å². The smallest absolute Gasteiger partial charge is 0.256 e. The summed E-state index contributed by atoms with van der Waals surface area (Å²) >= 11 is 6.29. The van der Waals surface area contributed by atoms with Crippen LogP contribution in [0.25, 0.3) is 0 Å². The summed E-state index contributed by atoms with van der Waals surface area (Å²) in [5.74, 6) is 0.400. The molecule has 148 valence electrons. The highest BCUT2D eigenvalue weighted by atomic mass is 35.5. The lowest BCUT2D eigenvalue weighted by molar-refractivity contribution is -0.139. The monoisotopic (exact) mass is 385 g/mol. The van der Waals surface area contributed by atoms with Crippen LogP contribution in [0.5, 0.6) is 5.75 Å². The first kappa shape index (κ1) is 22.7. The van der Waals surface area contributed by atoms with Crippen molar-refractivity contribution in [1.29, 1.82) is 0 Å². The second-order valence-corrected chi connectivity index (χ2v) is 7.50. The molecule has 0 saturated heterocycles. The molecule has 1 aromatic rings. The summed E-state index contributed by atoms with van der Waals surface area (Å²) in [4.78, 5) is 12.6. The van der Waals surface area contributed by atoms with Crippen LogP contribution in [0.3, 0.4) is 0 Å². The van der Waals surface area contributed by atoms with E-state index in [-0.39, 0.29) is 11.5 Å². The second-order valence-electron chi connectivity index (χ2n) is 7.09. The molecule has 0 fully saturated rings. The first-order valence-electron chi connectivity index (χ1n) is 9.10. The summed E-state index contributed by atoms with van der Waals surface area (Å²) in [6.07, 6.45) is 2.19. The Labute approximate surface area is 162 Å². The highest BCUT2D eigenvalue weighted by Crippen LogP contribution is 2.29. The van der Waals surface area contributed by atoms with Gasteiger partial charge in [0.25, 0.3) is 5.91 Å². The Hall–Kier alpha value is -1.30. The standard InChI is InChI=1S/C20H32ClNO4/c1-7-12-26-20(5,8-2)18(23)22-15-9-10-17(16(21)14-15)25-13-11-19(3,4)24-6/h9-10,14H,7-8,11-13H2,1-6H3,(H,22,23)/t20-/m1/s1. The van der Waals surface area contributed by atoms with Crippen LogP contribution in [0.2, 0.25) is 5.02 Å². The molecule has 0 aliphatic rings. The van der Waals surface area contributed by atoms with E-state index >= 15 is 0 Å². The number of hydrogen-bond donors (Lipinski definition) is 1. The third-order valence-electron chi connectivity index (χ3n) is 4.48. The molecule has 0 unspecified atom stereocenters. The van der Waals surface area contributed by atoms with Crippen LogP contribution in [-0.2, 0) is 14.3 Å². The fourth-order valence-electron chi connectivity index (χ4n) is 2.12. The number of nitrogens with one attached hydrogen (secondary N) is 1. The van der Waals surface area contributed by atoms with Crippen molar-refractivity contribution < 1.29 is 19.0 Å². The van der Waals surface area contributed by atoms with Crippen LogP contribution in [0.1, 0.15) is 53.9 Å². The van der Waals surface area contributed by atoms with Gasteiger partial charge in [-0.15, -0.1) is 0 Å². The molecule has 0 spiro atoms. The number of carbonyl (C=O) groups is 1. The van der Waals surface area contributed by atoms with Gasteiger partial charge in [-0.2, -0.15) is 0 Å². The number of hydrogen-bond acceptors (Lipinski definition) is 4. The van der Waals surface area contributed by atoms with Gasteiger partial charge in [0.15, 0.2) is 0 Å². The molecule has 1 atom stereocenters. The molecule has 5 nitrogen and oxygen atoms in total. The Morgan fingerprint density at radius 1 is 1.19 bits per heavy atom. The van der Waals surface area contributed by atoms with Crippen molar-refractivity contribution in [3.63, 3.8) is 0 Å². The molecule has 0 bridgehead atoms. The maximum absolute atomic E-state index is 12.6. The van der Waals surface area contributed by atoms with Crippen LogP contribution in [0, 0.1) is 0 Å². The summed E-state index contributed by atoms with van der Waals surface area (Å²) in [5, 5.41) is 3.33. The summed E-state index contributed by atoms with van der Waals surface area (Å²) in [6, 6.07) is 5.22. The van der Waals surface area contributed by atoms with Crippen LogP contribution >= 0.6 is 11.6 Å². The fourth-order valence-corrected chi connectivity index (χ4v) is 2.36. The van der Waals surface area contributed by atoms with E-state index in [1.54, 1.807) is 32.2 Å². The number of carbonyl (C=O) groups excluding carboxylic acids is 1. The van der Waals surface area contributed by atoms with Gasteiger partial charge in [0.1, 0.15) is 11.4 Å². The zero-order valence-corrected chi connectivity index (χ0v) is 17.5. The predicted octanol–water partition coefficient (Wildman–Crippen LogP) is 5.07. The first-order valence-corrected chi connectivity index (χ1v) is 9.48. The number of halogens is 1. The molecule has 0 aromatic heterocycles. The number of anilines is 1. The molecule has 0 heterocycles. The minimum absolute atomic E-state index is 0.181. The zero-order valence-electron chi connectivity index (χ0n) is 16.8. The highest BCUT2D eigenvalue weighted by Gasteiger charge is 2.32. The third-order valence-corrected chi connectivity index (χ3v) is 4.78. The average Bonchev–Trinajstić information content (AvgIpc) is 2.61. The van der Waals surface area contributed by atoms with Gasteiger partial charge in [-0.1, -0.05) is 25.4 Å². The fraction of sp³-hybridized carbons (Fsp3) is 0.650. The molecule has 6 heteroatoms. The number of rotatable bonds is 11. The van der Waals surface area contributed by atoms with E-state index in [1.807, 2.05) is 27.7 Å². The summed E-state index contributed by atoms with van der Waals surface area (Å²) in [5.41, 5.74) is -0.489. The van der Waals surface area contributed by atoms with Crippen molar-refractivity contribution in [3.8, 4) is 5.75 Å². The minimum atomic E-state index is -0.858. The lowest BCUT2D eigenvalue weighted by Gasteiger charge is -2.27. The molecule has 0 aliphatic heterocycles. The van der Waals surface area contributed by atoms with E-state index in [4.69, 9.17) is 25.8 Å². The zero-order chi connectivity index (χ0) is 19.8. The van der Waals surface area contributed by atoms with Crippen molar-refractivity contribution in [2.24, 2.45) is 0 Å². The number of benzene rings is 1. The Balaban J connectivity index is 2.70. The Morgan fingerprint density at radius 2 is 1.88 bits per heavy atom. The molecule has 0 saturated carbocycles. The topological polar surface area (TPSA) is 56.8 Å². The molecular weight excluding hydrogens is 354 g/mol. The molecular formula is C20H32ClNO4. The molecule has 1 rings (SSSR count). The predicted molar refractivity (Wildman–Crippen MR) is 106 cm³/mol.